The first-order chi connectivity index (χ1) is 58.3. The van der Waals surface area contributed by atoms with Gasteiger partial charge < -0.3 is 0 Å². The Bertz CT molecular complexity index is 7350. The van der Waals surface area contributed by atoms with Crippen molar-refractivity contribution in [3.63, 3.8) is 0 Å². The van der Waals surface area contributed by atoms with Crippen molar-refractivity contribution in [1.29, 1.82) is 0 Å². The molecule has 0 aliphatic heterocycles. The molecule has 0 unspecified atom stereocenters. The molecule has 0 saturated heterocycles. The van der Waals surface area contributed by atoms with Gasteiger partial charge in [-0.25, -0.2) is 0 Å². The van der Waals surface area contributed by atoms with E-state index in [0.29, 0.717) is 0 Å². The monoisotopic (exact) mass is 1500 g/mol. The molecule has 118 heavy (non-hydrogen) atoms. The largest absolute Gasteiger partial charge is 0.0622 e. The predicted molar refractivity (Wildman–Crippen MR) is 509 cm³/mol. The molecule has 0 heteroatoms. The Labute approximate surface area is 689 Å². The van der Waals surface area contributed by atoms with Crippen LogP contribution >= 0.6 is 0 Å². The number of fused-ring (bicyclic) bond motifs is 8. The third-order valence-electron chi connectivity index (χ3n) is 23.6. The van der Waals surface area contributed by atoms with Crippen LogP contribution in [0.5, 0.6) is 0 Å². The lowest BCUT2D eigenvalue weighted by molar-refractivity contribution is 1.50. The highest BCUT2D eigenvalue weighted by atomic mass is 14.2. The van der Waals surface area contributed by atoms with Crippen molar-refractivity contribution in [2.24, 2.45) is 0 Å². The number of hydrogen-bond donors (Lipinski definition) is 0. The zero-order chi connectivity index (χ0) is 78.8. The van der Waals surface area contributed by atoms with Crippen LogP contribution in [-0.2, 0) is 0 Å². The van der Waals surface area contributed by atoms with Crippen LogP contribution in [-0.4, -0.2) is 0 Å². The molecule has 22 rings (SSSR count). The minimum atomic E-state index is 1.21. The maximum Gasteiger partial charge on any atom is -0.00262 e. The maximum absolute atomic E-state index is 2.38. The molecular weight excluding hydrogens is 1420 g/mol. The second kappa shape index (κ2) is 31.7. The third kappa shape index (κ3) is 14.1. The molecule has 0 bridgehead atoms. The van der Waals surface area contributed by atoms with Gasteiger partial charge >= 0.3 is 0 Å². The van der Waals surface area contributed by atoms with E-state index in [1.54, 1.807) is 0 Å². The van der Waals surface area contributed by atoms with Crippen LogP contribution in [0.3, 0.4) is 0 Å². The van der Waals surface area contributed by atoms with Crippen molar-refractivity contribution in [3.05, 3.63) is 472 Å². The molecule has 0 heterocycles. The Hall–Kier alpha value is -15.1. The average Bonchev–Trinajstić information content (AvgIpc) is 0.737. The summed E-state index contributed by atoms with van der Waals surface area (Å²) in [6.45, 7) is 4.29. The lowest BCUT2D eigenvalue weighted by Gasteiger charge is -2.18. The van der Waals surface area contributed by atoms with Crippen molar-refractivity contribution in [3.8, 4) is 122 Å². The van der Waals surface area contributed by atoms with Gasteiger partial charge in [-0.15, -0.1) is 0 Å². The standard InChI is InChI=1S/C58H38.C31H22.C29H22/c1-4-16-39(17-5-1)46-36-47(40-18-6-2-7-19-40)38-48(37-46)50-33-32-49(51-22-10-11-23-52(50)51)44-30-28-43-35-45(31-29-42(43)34-44)58-55-26-14-12-24-53(55)57(41-20-8-3-9-21-41)54-25-13-15-27-56(54)58;1-21-15-16-24-20-25(18-17-23(24)19-21)31-28-13-7-5-11-26(28)30(22-9-3-2-4-10-22)27-12-6-8-14-29(27)31;1-21-13-14-28-20-29(16-15-27(28)17-21)26-12-6-11-25(19-26)24-10-5-9-23(18-24)22-7-3-2-4-8-22/h1-38H;2-20H,1H3;2-20H,1H3. The second-order valence-electron chi connectivity index (χ2n) is 31.1. The lowest BCUT2D eigenvalue weighted by Crippen LogP contribution is -1.91. The quantitative estimate of drug-likeness (QED) is 0.113. The van der Waals surface area contributed by atoms with Crippen LogP contribution in [0.25, 0.3) is 209 Å². The molecule has 0 fully saturated rings. The smallest absolute Gasteiger partial charge is 0.00262 e. The van der Waals surface area contributed by atoms with Crippen molar-refractivity contribution in [2.75, 3.05) is 0 Å². The van der Waals surface area contributed by atoms with E-state index in [0.717, 1.165) is 0 Å². The molecule has 0 aliphatic rings. The number of hydrogen-bond acceptors (Lipinski definition) is 0. The van der Waals surface area contributed by atoms with Gasteiger partial charge in [0.2, 0.25) is 0 Å². The fraction of sp³-hybridized carbons (Fsp3) is 0.0169. The minimum absolute atomic E-state index is 1.21. The predicted octanol–water partition coefficient (Wildman–Crippen LogP) is 33.2. The molecule has 0 radical (unpaired) electrons. The summed E-state index contributed by atoms with van der Waals surface area (Å²) in [5, 5.41) is 20.4. The first-order valence-corrected chi connectivity index (χ1v) is 40.9. The number of benzene rings is 22. The molecule has 554 valence electrons. The van der Waals surface area contributed by atoms with Crippen LogP contribution in [0, 0.1) is 13.8 Å². The van der Waals surface area contributed by atoms with Crippen molar-refractivity contribution in [1.82, 2.24) is 0 Å². The highest BCUT2D eigenvalue weighted by molar-refractivity contribution is 6.23. The van der Waals surface area contributed by atoms with Crippen LogP contribution in [0.4, 0.5) is 0 Å². The SMILES string of the molecule is Cc1ccc2cc(-c3c4ccccc4c(-c4ccccc4)c4ccccc34)ccc2c1.Cc1ccc2cc(-c3cccc(-c4cccc(-c5ccccc5)c4)c3)ccc2c1.c1ccc(-c2cc(-c3ccccc3)cc(-c3ccc(-c4ccc5cc(-c6c7ccccc7c(-c7ccccc7)c7ccccc67)ccc5c4)c4ccccc34)c2)cc1. The van der Waals surface area contributed by atoms with E-state index in [-0.39, 0.29) is 0 Å². The van der Waals surface area contributed by atoms with Crippen molar-refractivity contribution in [2.45, 2.75) is 13.8 Å². The summed E-state index contributed by atoms with van der Waals surface area (Å²) in [4.78, 5) is 0. The van der Waals surface area contributed by atoms with Crippen LogP contribution in [0.15, 0.2) is 461 Å². The normalized spacial score (nSPS) is 11.3. The fourth-order valence-corrected chi connectivity index (χ4v) is 17.9. The van der Waals surface area contributed by atoms with E-state index in [9.17, 15) is 0 Å². The van der Waals surface area contributed by atoms with Gasteiger partial charge in [-0.1, -0.05) is 418 Å². The van der Waals surface area contributed by atoms with Crippen molar-refractivity contribution < 1.29 is 0 Å². The van der Waals surface area contributed by atoms with Gasteiger partial charge in [0.05, 0.1) is 0 Å². The summed E-state index contributed by atoms with van der Waals surface area (Å²) in [5.41, 5.74) is 30.0. The maximum atomic E-state index is 2.38. The van der Waals surface area contributed by atoms with E-state index < -0.39 is 0 Å². The van der Waals surface area contributed by atoms with E-state index >= 15 is 0 Å². The summed E-state index contributed by atoms with van der Waals surface area (Å²) in [6, 6.07) is 168. The lowest BCUT2D eigenvalue weighted by atomic mass is 9.85. The van der Waals surface area contributed by atoms with Crippen LogP contribution in [0.2, 0.25) is 0 Å². The van der Waals surface area contributed by atoms with Crippen LogP contribution < -0.4 is 0 Å². The second-order valence-corrected chi connectivity index (χ2v) is 31.1. The van der Waals surface area contributed by atoms with Crippen LogP contribution in [0.1, 0.15) is 11.1 Å². The minimum Gasteiger partial charge on any atom is -0.0622 e. The van der Waals surface area contributed by atoms with Gasteiger partial charge in [0.15, 0.2) is 0 Å². The van der Waals surface area contributed by atoms with Gasteiger partial charge in [-0.3, -0.25) is 0 Å². The highest BCUT2D eigenvalue weighted by Gasteiger charge is 2.21. The van der Waals surface area contributed by atoms with E-state index in [2.05, 4.69) is 475 Å². The zero-order valence-electron chi connectivity index (χ0n) is 65.9. The van der Waals surface area contributed by atoms with Gasteiger partial charge in [-0.2, -0.15) is 0 Å². The molecule has 0 atom stereocenters. The molecule has 0 aliphatic carbocycles. The first kappa shape index (κ1) is 71.9. The van der Waals surface area contributed by atoms with E-state index in [1.165, 1.54) is 220 Å². The molecule has 0 amide bonds. The molecule has 22 aromatic rings. The first-order valence-electron chi connectivity index (χ1n) is 40.9. The molecule has 0 spiro atoms. The zero-order valence-corrected chi connectivity index (χ0v) is 65.9. The molecular formula is C118H82. The Morgan fingerprint density at radius 2 is 0.322 bits per heavy atom. The van der Waals surface area contributed by atoms with E-state index in [1.807, 2.05) is 0 Å². The fourth-order valence-electron chi connectivity index (χ4n) is 17.9. The summed E-state index contributed by atoms with van der Waals surface area (Å²) in [7, 11) is 0. The van der Waals surface area contributed by atoms with Gasteiger partial charge in [0.1, 0.15) is 0 Å². The Kier molecular flexibility index (Phi) is 19.3. The van der Waals surface area contributed by atoms with E-state index in [4.69, 9.17) is 0 Å². The summed E-state index contributed by atoms with van der Waals surface area (Å²) in [6.07, 6.45) is 0. The summed E-state index contributed by atoms with van der Waals surface area (Å²) < 4.78 is 0. The topological polar surface area (TPSA) is 0 Å². The highest BCUT2D eigenvalue weighted by Crippen LogP contribution is 2.48. The molecule has 0 nitrogen and oxygen atoms in total. The van der Waals surface area contributed by atoms with Gasteiger partial charge in [-0.05, 0) is 277 Å². The summed E-state index contributed by atoms with van der Waals surface area (Å²) in [5.74, 6) is 0. The van der Waals surface area contributed by atoms with Gasteiger partial charge in [0, 0.05) is 0 Å². The summed E-state index contributed by atoms with van der Waals surface area (Å²) >= 11 is 0. The number of aryl methyl sites for hydroxylation is 2. The Morgan fingerprint density at radius 1 is 0.110 bits per heavy atom. The molecule has 0 aromatic heterocycles. The molecule has 22 aromatic carbocycles. The third-order valence-corrected chi connectivity index (χ3v) is 23.6. The average molecular weight is 1500 g/mol. The number of rotatable bonds is 11. The Balaban J connectivity index is 0.000000125. The molecule has 0 saturated carbocycles. The van der Waals surface area contributed by atoms with Gasteiger partial charge in [0.25, 0.3) is 0 Å². The Morgan fingerprint density at radius 3 is 0.678 bits per heavy atom. The van der Waals surface area contributed by atoms with Crippen molar-refractivity contribution >= 4 is 86.2 Å². The molecule has 0 N–H and O–H groups in total.